The van der Waals surface area contributed by atoms with Crippen LogP contribution in [0.15, 0.2) is 0 Å². The summed E-state index contributed by atoms with van der Waals surface area (Å²) in [6.45, 7) is 3.89. The minimum Gasteiger partial charge on any atom is -0.379 e. The molecule has 1 aliphatic heterocycles. The zero-order valence-electron chi connectivity index (χ0n) is 10.9. The van der Waals surface area contributed by atoms with Gasteiger partial charge in [-0.2, -0.15) is 0 Å². The monoisotopic (exact) mass is 262 g/mol. The van der Waals surface area contributed by atoms with Gasteiger partial charge in [-0.1, -0.05) is 0 Å². The zero-order chi connectivity index (χ0) is 13.1. The first-order valence-electron chi connectivity index (χ1n) is 6.01. The van der Waals surface area contributed by atoms with Crippen molar-refractivity contribution in [1.82, 2.24) is 0 Å². The highest BCUT2D eigenvalue weighted by atomic mass is 32.2. The molecule has 1 rings (SSSR count). The second-order valence-corrected chi connectivity index (χ2v) is 7.70. The van der Waals surface area contributed by atoms with E-state index in [1.165, 1.54) is 0 Å². The first kappa shape index (κ1) is 14.6. The van der Waals surface area contributed by atoms with Gasteiger partial charge in [-0.3, -0.25) is 4.79 Å². The lowest BCUT2D eigenvalue weighted by Gasteiger charge is -2.22. The Balaban J connectivity index is 2.32. The average Bonchev–Trinajstić information content (AvgIpc) is 2.55. The minimum atomic E-state index is -2.87. The molecule has 17 heavy (non-hydrogen) atoms. The molecule has 100 valence electrons. The lowest BCUT2D eigenvalue weighted by molar-refractivity contribution is -0.121. The standard InChI is InChI=1S/C12H22O4S/c1-12(2,16-3)6-4-11(13)8-10-5-7-17(14,15)9-10/h10H,4-9H2,1-3H3. The van der Waals surface area contributed by atoms with E-state index < -0.39 is 9.84 Å². The predicted octanol–water partition coefficient (Wildman–Crippen LogP) is 1.59. The van der Waals surface area contributed by atoms with Crippen LogP contribution in [0.2, 0.25) is 0 Å². The lowest BCUT2D eigenvalue weighted by Crippen LogP contribution is -2.24. The van der Waals surface area contributed by atoms with Crippen molar-refractivity contribution in [2.75, 3.05) is 18.6 Å². The van der Waals surface area contributed by atoms with Crippen LogP contribution in [0.25, 0.3) is 0 Å². The van der Waals surface area contributed by atoms with Gasteiger partial charge in [0.2, 0.25) is 0 Å². The quantitative estimate of drug-likeness (QED) is 0.729. The van der Waals surface area contributed by atoms with E-state index in [9.17, 15) is 13.2 Å². The van der Waals surface area contributed by atoms with Crippen LogP contribution in [0.3, 0.4) is 0 Å². The maximum atomic E-state index is 11.7. The van der Waals surface area contributed by atoms with Crippen molar-refractivity contribution in [1.29, 1.82) is 0 Å². The number of Topliss-reactive ketones (excluding diaryl/α,β-unsaturated/α-hetero) is 1. The van der Waals surface area contributed by atoms with Crippen molar-refractivity contribution in [2.45, 2.75) is 45.1 Å². The summed E-state index contributed by atoms with van der Waals surface area (Å²) in [6, 6.07) is 0. The Morgan fingerprint density at radius 2 is 2.06 bits per heavy atom. The van der Waals surface area contributed by atoms with Gasteiger partial charge in [0, 0.05) is 20.0 Å². The van der Waals surface area contributed by atoms with Gasteiger partial charge in [0.1, 0.15) is 5.78 Å². The summed E-state index contributed by atoms with van der Waals surface area (Å²) < 4.78 is 27.8. The topological polar surface area (TPSA) is 60.4 Å². The number of hydrogen-bond acceptors (Lipinski definition) is 4. The third kappa shape index (κ3) is 5.17. The molecule has 0 radical (unpaired) electrons. The zero-order valence-corrected chi connectivity index (χ0v) is 11.7. The van der Waals surface area contributed by atoms with Gasteiger partial charge in [0.05, 0.1) is 17.1 Å². The Morgan fingerprint density at radius 1 is 1.41 bits per heavy atom. The van der Waals surface area contributed by atoms with Crippen LogP contribution in [0, 0.1) is 5.92 Å². The fraction of sp³-hybridized carbons (Fsp3) is 0.917. The van der Waals surface area contributed by atoms with Crippen LogP contribution in [0.1, 0.15) is 39.5 Å². The van der Waals surface area contributed by atoms with Crippen LogP contribution in [-0.4, -0.2) is 38.4 Å². The summed E-state index contributed by atoms with van der Waals surface area (Å²) in [5, 5.41) is 0. The van der Waals surface area contributed by atoms with Crippen LogP contribution < -0.4 is 0 Å². The van der Waals surface area contributed by atoms with E-state index in [0.29, 0.717) is 25.7 Å². The van der Waals surface area contributed by atoms with Crippen molar-refractivity contribution in [3.63, 3.8) is 0 Å². The van der Waals surface area contributed by atoms with Gasteiger partial charge in [-0.25, -0.2) is 8.42 Å². The van der Waals surface area contributed by atoms with Crippen LogP contribution in [0.4, 0.5) is 0 Å². The molecule has 1 atom stereocenters. The molecule has 1 unspecified atom stereocenters. The predicted molar refractivity (Wildman–Crippen MR) is 66.7 cm³/mol. The number of carbonyl (C=O) groups excluding carboxylic acids is 1. The average molecular weight is 262 g/mol. The second-order valence-electron chi connectivity index (χ2n) is 5.48. The number of rotatable bonds is 6. The molecular weight excluding hydrogens is 240 g/mol. The first-order chi connectivity index (χ1) is 7.74. The Kier molecular flexibility index (Phi) is 4.72. The van der Waals surface area contributed by atoms with Crippen LogP contribution in [-0.2, 0) is 19.4 Å². The van der Waals surface area contributed by atoms with E-state index in [1.807, 2.05) is 13.8 Å². The highest BCUT2D eigenvalue weighted by Crippen LogP contribution is 2.23. The molecule has 0 N–H and O–H groups in total. The van der Waals surface area contributed by atoms with Gasteiger partial charge in [0.25, 0.3) is 0 Å². The van der Waals surface area contributed by atoms with Gasteiger partial charge >= 0.3 is 0 Å². The summed E-state index contributed by atoms with van der Waals surface area (Å²) in [6.07, 6.45) is 2.19. The maximum absolute atomic E-state index is 11.7. The van der Waals surface area contributed by atoms with E-state index >= 15 is 0 Å². The van der Waals surface area contributed by atoms with Crippen molar-refractivity contribution in [2.24, 2.45) is 5.92 Å². The molecule has 0 amide bonds. The molecule has 0 saturated carbocycles. The smallest absolute Gasteiger partial charge is 0.150 e. The number of hydrogen-bond donors (Lipinski definition) is 0. The molecule has 0 bridgehead atoms. The van der Waals surface area contributed by atoms with Crippen LogP contribution >= 0.6 is 0 Å². The fourth-order valence-electron chi connectivity index (χ4n) is 2.00. The van der Waals surface area contributed by atoms with Gasteiger partial charge in [-0.05, 0) is 32.6 Å². The number of ether oxygens (including phenoxy) is 1. The van der Waals surface area contributed by atoms with Crippen LogP contribution in [0.5, 0.6) is 0 Å². The lowest BCUT2D eigenvalue weighted by atomic mass is 9.95. The molecule has 4 nitrogen and oxygen atoms in total. The van der Waals surface area contributed by atoms with E-state index in [1.54, 1.807) is 7.11 Å². The molecule has 1 heterocycles. The summed E-state index contributed by atoms with van der Waals surface area (Å²) in [5.74, 6) is 0.622. The number of methoxy groups -OCH3 is 1. The summed E-state index contributed by atoms with van der Waals surface area (Å²) >= 11 is 0. The molecule has 5 heteroatoms. The molecule has 1 aliphatic rings. The SMILES string of the molecule is COC(C)(C)CCC(=O)CC1CCS(=O)(=O)C1. The van der Waals surface area contributed by atoms with E-state index in [2.05, 4.69) is 0 Å². The van der Waals surface area contributed by atoms with E-state index in [0.717, 1.165) is 0 Å². The van der Waals surface area contributed by atoms with Crippen molar-refractivity contribution < 1.29 is 17.9 Å². The van der Waals surface area contributed by atoms with Crippen molar-refractivity contribution in [3.05, 3.63) is 0 Å². The van der Waals surface area contributed by atoms with E-state index in [-0.39, 0.29) is 28.8 Å². The molecule has 1 fully saturated rings. The number of ketones is 1. The minimum absolute atomic E-state index is 0.0400. The maximum Gasteiger partial charge on any atom is 0.150 e. The van der Waals surface area contributed by atoms with Gasteiger partial charge in [-0.15, -0.1) is 0 Å². The number of sulfone groups is 1. The molecule has 0 aliphatic carbocycles. The third-order valence-corrected chi connectivity index (χ3v) is 5.24. The molecule has 0 aromatic carbocycles. The molecule has 0 spiro atoms. The molecule has 0 aromatic heterocycles. The van der Waals surface area contributed by atoms with E-state index in [4.69, 9.17) is 4.74 Å². The Morgan fingerprint density at radius 3 is 2.53 bits per heavy atom. The number of carbonyl (C=O) groups is 1. The van der Waals surface area contributed by atoms with Gasteiger partial charge < -0.3 is 4.74 Å². The van der Waals surface area contributed by atoms with Crippen molar-refractivity contribution in [3.8, 4) is 0 Å². The second kappa shape index (κ2) is 5.48. The first-order valence-corrected chi connectivity index (χ1v) is 7.83. The highest BCUT2D eigenvalue weighted by Gasteiger charge is 2.29. The Hall–Kier alpha value is -0.420. The normalized spacial score (nSPS) is 23.8. The molecule has 1 saturated heterocycles. The Labute approximate surface area is 104 Å². The van der Waals surface area contributed by atoms with Crippen molar-refractivity contribution >= 4 is 15.6 Å². The fourth-order valence-corrected chi connectivity index (χ4v) is 3.86. The molecule has 0 aromatic rings. The highest BCUT2D eigenvalue weighted by molar-refractivity contribution is 7.91. The summed E-state index contributed by atoms with van der Waals surface area (Å²) in [7, 11) is -1.23. The Bertz CT molecular complexity index is 370. The molecular formula is C12H22O4S. The summed E-state index contributed by atoms with van der Waals surface area (Å²) in [5.41, 5.74) is -0.280. The largest absolute Gasteiger partial charge is 0.379 e. The third-order valence-electron chi connectivity index (χ3n) is 3.40. The summed E-state index contributed by atoms with van der Waals surface area (Å²) in [4.78, 5) is 11.7. The van der Waals surface area contributed by atoms with Gasteiger partial charge in [0.15, 0.2) is 9.84 Å².